The van der Waals surface area contributed by atoms with E-state index in [9.17, 15) is 0 Å². The van der Waals surface area contributed by atoms with Crippen LogP contribution in [0.1, 0.15) is 18.3 Å². The van der Waals surface area contributed by atoms with Gasteiger partial charge in [-0.3, -0.25) is 0 Å². The Bertz CT molecular complexity index is 550. The van der Waals surface area contributed by atoms with Crippen molar-refractivity contribution < 1.29 is 0 Å². The van der Waals surface area contributed by atoms with E-state index in [0.29, 0.717) is 21.8 Å². The first-order chi connectivity index (χ1) is 8.60. The molecular formula is C13H13Cl2N3. The van der Waals surface area contributed by atoms with Gasteiger partial charge in [-0.15, -0.1) is 0 Å². The largest absolute Gasteiger partial charge is 0.339 e. The topological polar surface area (TPSA) is 37.8 Å². The van der Waals surface area contributed by atoms with E-state index in [1.807, 2.05) is 32.0 Å². The quantitative estimate of drug-likeness (QED) is 0.848. The van der Waals surface area contributed by atoms with Gasteiger partial charge < -0.3 is 5.32 Å². The molecule has 2 rings (SSSR count). The first-order valence-electron chi connectivity index (χ1n) is 5.65. The zero-order valence-corrected chi connectivity index (χ0v) is 11.7. The van der Waals surface area contributed by atoms with E-state index in [1.54, 1.807) is 6.07 Å². The van der Waals surface area contributed by atoms with E-state index in [2.05, 4.69) is 15.3 Å². The summed E-state index contributed by atoms with van der Waals surface area (Å²) in [7, 11) is 0. The first-order valence-corrected chi connectivity index (χ1v) is 6.41. The molecular weight excluding hydrogens is 269 g/mol. The SMILES string of the molecule is CCc1nc(Cl)cc(Nc2c(C)cccc2Cl)n1. The van der Waals surface area contributed by atoms with Gasteiger partial charge in [-0.1, -0.05) is 42.3 Å². The van der Waals surface area contributed by atoms with Gasteiger partial charge >= 0.3 is 0 Å². The van der Waals surface area contributed by atoms with Crippen LogP contribution in [0, 0.1) is 6.92 Å². The molecule has 5 heteroatoms. The van der Waals surface area contributed by atoms with Gasteiger partial charge in [-0.05, 0) is 18.6 Å². The summed E-state index contributed by atoms with van der Waals surface area (Å²) in [6, 6.07) is 7.41. The average Bonchev–Trinajstić information content (AvgIpc) is 2.33. The highest BCUT2D eigenvalue weighted by Gasteiger charge is 2.07. The molecule has 0 radical (unpaired) electrons. The number of aryl methyl sites for hydroxylation is 2. The summed E-state index contributed by atoms with van der Waals surface area (Å²) in [5.74, 6) is 1.36. The minimum absolute atomic E-state index is 0.425. The van der Waals surface area contributed by atoms with E-state index in [0.717, 1.165) is 17.7 Å². The van der Waals surface area contributed by atoms with Crippen LogP contribution in [-0.2, 0) is 6.42 Å². The lowest BCUT2D eigenvalue weighted by Crippen LogP contribution is -2.01. The van der Waals surface area contributed by atoms with Gasteiger partial charge in [0.25, 0.3) is 0 Å². The van der Waals surface area contributed by atoms with Gasteiger partial charge in [0.1, 0.15) is 16.8 Å². The number of anilines is 2. The van der Waals surface area contributed by atoms with Gasteiger partial charge in [-0.25, -0.2) is 9.97 Å². The number of nitrogens with zero attached hydrogens (tertiary/aromatic N) is 2. The zero-order chi connectivity index (χ0) is 13.1. The second-order valence-electron chi connectivity index (χ2n) is 3.90. The van der Waals surface area contributed by atoms with E-state index < -0.39 is 0 Å². The summed E-state index contributed by atoms with van der Waals surface area (Å²) in [5, 5.41) is 4.27. The van der Waals surface area contributed by atoms with Crippen LogP contribution in [0.4, 0.5) is 11.5 Å². The van der Waals surface area contributed by atoms with Crippen molar-refractivity contribution in [2.75, 3.05) is 5.32 Å². The standard InChI is InChI=1S/C13H13Cl2N3/c1-3-11-16-10(15)7-12(17-11)18-13-8(2)5-4-6-9(13)14/h4-7H,3H2,1-2H3,(H,16,17,18). The number of aromatic nitrogens is 2. The summed E-state index contributed by atoms with van der Waals surface area (Å²) >= 11 is 12.1. The van der Waals surface area contributed by atoms with Crippen molar-refractivity contribution >= 4 is 34.7 Å². The van der Waals surface area contributed by atoms with Crippen molar-refractivity contribution in [3.63, 3.8) is 0 Å². The maximum atomic E-state index is 6.15. The van der Waals surface area contributed by atoms with Crippen molar-refractivity contribution in [1.29, 1.82) is 0 Å². The highest BCUT2D eigenvalue weighted by Crippen LogP contribution is 2.28. The maximum Gasteiger partial charge on any atom is 0.135 e. The zero-order valence-electron chi connectivity index (χ0n) is 10.2. The van der Waals surface area contributed by atoms with Crippen LogP contribution in [0.25, 0.3) is 0 Å². The molecule has 0 bridgehead atoms. The predicted octanol–water partition coefficient (Wildman–Crippen LogP) is 4.40. The van der Waals surface area contributed by atoms with Crippen molar-refractivity contribution in [1.82, 2.24) is 9.97 Å². The Balaban J connectivity index is 2.37. The molecule has 94 valence electrons. The van der Waals surface area contributed by atoms with Crippen molar-refractivity contribution in [3.8, 4) is 0 Å². The second-order valence-corrected chi connectivity index (χ2v) is 4.70. The summed E-state index contributed by atoms with van der Waals surface area (Å²) in [6.45, 7) is 3.97. The van der Waals surface area contributed by atoms with Crippen LogP contribution < -0.4 is 5.32 Å². The Hall–Kier alpha value is -1.32. The fraction of sp³-hybridized carbons (Fsp3) is 0.231. The first kappa shape index (κ1) is 13.1. The number of rotatable bonds is 3. The van der Waals surface area contributed by atoms with Gasteiger partial charge in [0.2, 0.25) is 0 Å². The third-order valence-electron chi connectivity index (χ3n) is 2.53. The van der Waals surface area contributed by atoms with Crippen molar-refractivity contribution in [2.45, 2.75) is 20.3 Å². The molecule has 3 nitrogen and oxygen atoms in total. The number of hydrogen-bond acceptors (Lipinski definition) is 3. The molecule has 2 aromatic rings. The monoisotopic (exact) mass is 281 g/mol. The van der Waals surface area contributed by atoms with Gasteiger partial charge in [0.05, 0.1) is 10.7 Å². The molecule has 0 aliphatic rings. The Morgan fingerprint density at radius 1 is 1.22 bits per heavy atom. The fourth-order valence-electron chi connectivity index (χ4n) is 1.61. The molecule has 0 atom stereocenters. The highest BCUT2D eigenvalue weighted by atomic mass is 35.5. The molecule has 0 amide bonds. The molecule has 0 saturated heterocycles. The highest BCUT2D eigenvalue weighted by molar-refractivity contribution is 6.33. The molecule has 0 aliphatic heterocycles. The second kappa shape index (κ2) is 5.55. The molecule has 1 N–H and O–H groups in total. The van der Waals surface area contributed by atoms with E-state index in [-0.39, 0.29) is 0 Å². The number of halogens is 2. The van der Waals surface area contributed by atoms with Crippen molar-refractivity contribution in [2.24, 2.45) is 0 Å². The Kier molecular flexibility index (Phi) is 4.04. The maximum absolute atomic E-state index is 6.15. The van der Waals surface area contributed by atoms with Crippen LogP contribution in [0.2, 0.25) is 10.2 Å². The summed E-state index contributed by atoms with van der Waals surface area (Å²) in [5.41, 5.74) is 1.89. The van der Waals surface area contributed by atoms with E-state index >= 15 is 0 Å². The van der Waals surface area contributed by atoms with Crippen molar-refractivity contribution in [3.05, 3.63) is 45.8 Å². The van der Waals surface area contributed by atoms with Crippen LogP contribution in [0.3, 0.4) is 0 Å². The molecule has 18 heavy (non-hydrogen) atoms. The summed E-state index contributed by atoms with van der Waals surface area (Å²) in [4.78, 5) is 8.48. The van der Waals surface area contributed by atoms with Gasteiger partial charge in [-0.2, -0.15) is 0 Å². The molecule has 1 heterocycles. The number of para-hydroxylation sites is 1. The molecule has 0 aliphatic carbocycles. The third-order valence-corrected chi connectivity index (χ3v) is 3.04. The fourth-order valence-corrected chi connectivity index (χ4v) is 2.08. The van der Waals surface area contributed by atoms with Crippen LogP contribution in [0.15, 0.2) is 24.3 Å². The normalized spacial score (nSPS) is 10.4. The Morgan fingerprint density at radius 3 is 2.67 bits per heavy atom. The van der Waals surface area contributed by atoms with Crippen LogP contribution in [0.5, 0.6) is 0 Å². The van der Waals surface area contributed by atoms with Gasteiger partial charge in [0.15, 0.2) is 0 Å². The predicted molar refractivity (Wildman–Crippen MR) is 75.9 cm³/mol. The van der Waals surface area contributed by atoms with Gasteiger partial charge in [0, 0.05) is 12.5 Å². The third kappa shape index (κ3) is 2.92. The number of benzene rings is 1. The van der Waals surface area contributed by atoms with E-state index in [4.69, 9.17) is 23.2 Å². The van der Waals surface area contributed by atoms with Crippen LogP contribution in [-0.4, -0.2) is 9.97 Å². The lowest BCUT2D eigenvalue weighted by Gasteiger charge is -2.11. The minimum Gasteiger partial charge on any atom is -0.339 e. The summed E-state index contributed by atoms with van der Waals surface area (Å²) < 4.78 is 0. The van der Waals surface area contributed by atoms with Crippen LogP contribution >= 0.6 is 23.2 Å². The number of nitrogens with one attached hydrogen (secondary N) is 1. The minimum atomic E-state index is 0.425. The molecule has 0 unspecified atom stereocenters. The molecule has 1 aromatic carbocycles. The average molecular weight is 282 g/mol. The Morgan fingerprint density at radius 2 is 2.00 bits per heavy atom. The summed E-state index contributed by atoms with van der Waals surface area (Å²) in [6.07, 6.45) is 0.733. The molecule has 0 saturated carbocycles. The van der Waals surface area contributed by atoms with E-state index in [1.165, 1.54) is 0 Å². The molecule has 1 aromatic heterocycles. The lowest BCUT2D eigenvalue weighted by molar-refractivity contribution is 0.943. The molecule has 0 fully saturated rings. The molecule has 0 spiro atoms. The Labute approximate surface area is 116 Å². The lowest BCUT2D eigenvalue weighted by atomic mass is 10.2. The number of hydrogen-bond donors (Lipinski definition) is 1. The smallest absolute Gasteiger partial charge is 0.135 e.